The van der Waals surface area contributed by atoms with E-state index in [1.165, 1.54) is 0 Å². The summed E-state index contributed by atoms with van der Waals surface area (Å²) in [6, 6.07) is 3.66. The van der Waals surface area contributed by atoms with E-state index in [1.54, 1.807) is 12.1 Å². The lowest BCUT2D eigenvalue weighted by molar-refractivity contribution is -0.145. The molecule has 0 heterocycles. The minimum atomic E-state index is -1.44. The first-order valence-corrected chi connectivity index (χ1v) is 5.63. The fourth-order valence-electron chi connectivity index (χ4n) is 1.72. The van der Waals surface area contributed by atoms with Gasteiger partial charge in [0, 0.05) is 5.56 Å². The van der Waals surface area contributed by atoms with Crippen molar-refractivity contribution in [3.05, 3.63) is 34.9 Å². The normalized spacial score (nSPS) is 11.7. The smallest absolute Gasteiger partial charge is 0.326 e. The van der Waals surface area contributed by atoms with E-state index in [1.807, 2.05) is 19.9 Å². The monoisotopic (exact) mass is 265 g/mol. The van der Waals surface area contributed by atoms with E-state index in [0.29, 0.717) is 5.56 Å². The Morgan fingerprint density at radius 3 is 2.05 bits per heavy atom. The highest BCUT2D eigenvalue weighted by Crippen LogP contribution is 2.09. The van der Waals surface area contributed by atoms with Crippen LogP contribution in [0.25, 0.3) is 0 Å². The summed E-state index contributed by atoms with van der Waals surface area (Å²) >= 11 is 0. The van der Waals surface area contributed by atoms with Gasteiger partial charge < -0.3 is 15.5 Å². The molecule has 1 rings (SSSR count). The molecule has 102 valence electrons. The Bertz CT molecular complexity index is 504. The van der Waals surface area contributed by atoms with Gasteiger partial charge in [-0.2, -0.15) is 0 Å². The minimum absolute atomic E-state index is 0.314. The zero-order chi connectivity index (χ0) is 14.6. The lowest BCUT2D eigenvalue weighted by Crippen LogP contribution is -2.42. The number of aliphatic carboxylic acids is 2. The molecular formula is C13H15NO5. The number of carboxylic acid groups (broad SMARTS) is 2. The van der Waals surface area contributed by atoms with Crippen molar-refractivity contribution < 1.29 is 24.6 Å². The topological polar surface area (TPSA) is 104 Å². The Morgan fingerprint density at radius 1 is 1.11 bits per heavy atom. The van der Waals surface area contributed by atoms with Crippen LogP contribution in [0.2, 0.25) is 0 Å². The molecule has 0 spiro atoms. The molecule has 0 bridgehead atoms. The van der Waals surface area contributed by atoms with Crippen LogP contribution in [0.1, 0.15) is 27.9 Å². The van der Waals surface area contributed by atoms with E-state index in [2.05, 4.69) is 5.32 Å². The van der Waals surface area contributed by atoms with Gasteiger partial charge in [0.1, 0.15) is 6.04 Å². The van der Waals surface area contributed by atoms with Crippen molar-refractivity contribution in [1.29, 1.82) is 0 Å². The van der Waals surface area contributed by atoms with Crippen LogP contribution in [-0.2, 0) is 9.59 Å². The molecule has 0 saturated carbocycles. The molecule has 0 aliphatic rings. The second-order valence-corrected chi connectivity index (χ2v) is 4.34. The molecule has 1 amide bonds. The molecule has 0 fully saturated rings. The van der Waals surface area contributed by atoms with Gasteiger partial charge in [-0.3, -0.25) is 9.59 Å². The Morgan fingerprint density at radius 2 is 1.63 bits per heavy atom. The predicted molar refractivity (Wildman–Crippen MR) is 67.1 cm³/mol. The van der Waals surface area contributed by atoms with Crippen LogP contribution < -0.4 is 5.32 Å². The summed E-state index contributed by atoms with van der Waals surface area (Å²) in [6.45, 7) is 3.63. The summed E-state index contributed by atoms with van der Waals surface area (Å²) < 4.78 is 0. The van der Waals surface area contributed by atoms with E-state index in [-0.39, 0.29) is 0 Å². The maximum absolute atomic E-state index is 11.9. The first-order chi connectivity index (χ1) is 8.79. The number of hydrogen-bond acceptors (Lipinski definition) is 3. The van der Waals surface area contributed by atoms with Gasteiger partial charge in [-0.05, 0) is 26.0 Å². The largest absolute Gasteiger partial charge is 0.481 e. The summed E-state index contributed by atoms with van der Waals surface area (Å²) in [4.78, 5) is 33.3. The van der Waals surface area contributed by atoms with Crippen LogP contribution >= 0.6 is 0 Å². The van der Waals surface area contributed by atoms with Gasteiger partial charge >= 0.3 is 11.9 Å². The van der Waals surface area contributed by atoms with Gasteiger partial charge in [-0.25, -0.2) is 4.79 Å². The molecule has 1 aromatic carbocycles. The molecule has 0 saturated heterocycles. The van der Waals surface area contributed by atoms with Crippen molar-refractivity contribution in [2.75, 3.05) is 0 Å². The number of carbonyl (C=O) groups excluding carboxylic acids is 1. The SMILES string of the molecule is Cc1cc(C)cc(C(=O)N[C@@H](CC(=O)O)C(=O)O)c1. The van der Waals surface area contributed by atoms with Crippen LogP contribution in [0.4, 0.5) is 0 Å². The summed E-state index contributed by atoms with van der Waals surface area (Å²) in [5.74, 6) is -3.26. The van der Waals surface area contributed by atoms with Crippen molar-refractivity contribution in [2.45, 2.75) is 26.3 Å². The predicted octanol–water partition coefficient (Wildman–Crippen LogP) is 0.961. The van der Waals surface area contributed by atoms with Gasteiger partial charge in [0.05, 0.1) is 6.42 Å². The second-order valence-electron chi connectivity index (χ2n) is 4.34. The third-order valence-electron chi connectivity index (χ3n) is 2.47. The average Bonchev–Trinajstić information content (AvgIpc) is 2.25. The Labute approximate surface area is 110 Å². The molecule has 6 nitrogen and oxygen atoms in total. The number of amides is 1. The summed E-state index contributed by atoms with van der Waals surface area (Å²) in [5, 5.41) is 19.6. The number of benzene rings is 1. The van der Waals surface area contributed by atoms with Crippen LogP contribution in [0.3, 0.4) is 0 Å². The van der Waals surface area contributed by atoms with E-state index in [9.17, 15) is 14.4 Å². The highest BCUT2D eigenvalue weighted by molar-refractivity contribution is 5.97. The molecule has 0 aliphatic carbocycles. The number of carbonyl (C=O) groups is 3. The van der Waals surface area contributed by atoms with Crippen molar-refractivity contribution >= 4 is 17.8 Å². The molecule has 3 N–H and O–H groups in total. The number of carboxylic acids is 2. The summed E-state index contributed by atoms with van der Waals surface area (Å²) in [6.07, 6.45) is -0.661. The first kappa shape index (κ1) is 14.7. The van der Waals surface area contributed by atoms with Crippen molar-refractivity contribution in [1.82, 2.24) is 5.32 Å². The molecule has 1 atom stereocenters. The van der Waals surface area contributed by atoms with E-state index >= 15 is 0 Å². The van der Waals surface area contributed by atoms with Gasteiger partial charge in [0.25, 0.3) is 5.91 Å². The highest BCUT2D eigenvalue weighted by Gasteiger charge is 2.23. The third-order valence-corrected chi connectivity index (χ3v) is 2.47. The van der Waals surface area contributed by atoms with Crippen LogP contribution in [0.15, 0.2) is 18.2 Å². The Balaban J connectivity index is 2.87. The molecule has 0 unspecified atom stereocenters. The van der Waals surface area contributed by atoms with Gasteiger partial charge in [0.15, 0.2) is 0 Å². The maximum atomic E-state index is 11.9. The maximum Gasteiger partial charge on any atom is 0.326 e. The molecule has 19 heavy (non-hydrogen) atoms. The highest BCUT2D eigenvalue weighted by atomic mass is 16.4. The Hall–Kier alpha value is -2.37. The summed E-state index contributed by atoms with van der Waals surface area (Å²) in [7, 11) is 0. The molecule has 6 heteroatoms. The van der Waals surface area contributed by atoms with Crippen molar-refractivity contribution in [3.63, 3.8) is 0 Å². The number of hydrogen-bond donors (Lipinski definition) is 3. The van der Waals surface area contributed by atoms with Crippen molar-refractivity contribution in [2.24, 2.45) is 0 Å². The number of aryl methyl sites for hydroxylation is 2. The van der Waals surface area contributed by atoms with Gasteiger partial charge in [0.2, 0.25) is 0 Å². The molecule has 0 aromatic heterocycles. The third kappa shape index (κ3) is 4.42. The lowest BCUT2D eigenvalue weighted by Gasteiger charge is -2.13. The summed E-state index contributed by atoms with van der Waals surface area (Å²) in [5.41, 5.74) is 2.06. The van der Waals surface area contributed by atoms with E-state index in [0.717, 1.165) is 11.1 Å². The zero-order valence-electron chi connectivity index (χ0n) is 10.6. The first-order valence-electron chi connectivity index (χ1n) is 5.63. The zero-order valence-corrected chi connectivity index (χ0v) is 10.6. The minimum Gasteiger partial charge on any atom is -0.481 e. The fraction of sp³-hybridized carbons (Fsp3) is 0.308. The standard InChI is InChI=1S/C13H15NO5/c1-7-3-8(2)5-9(4-7)12(17)14-10(13(18)19)6-11(15)16/h3-5,10H,6H2,1-2H3,(H,14,17)(H,15,16)(H,18,19)/t10-/m0/s1. The Kier molecular flexibility index (Phi) is 4.63. The van der Waals surface area contributed by atoms with Gasteiger partial charge in [-0.15, -0.1) is 0 Å². The fourth-order valence-corrected chi connectivity index (χ4v) is 1.72. The van der Waals surface area contributed by atoms with Crippen LogP contribution in [0.5, 0.6) is 0 Å². The van der Waals surface area contributed by atoms with E-state index in [4.69, 9.17) is 10.2 Å². The molecule has 0 radical (unpaired) electrons. The molecular weight excluding hydrogens is 250 g/mol. The van der Waals surface area contributed by atoms with Crippen LogP contribution in [-0.4, -0.2) is 34.1 Å². The second kappa shape index (κ2) is 5.99. The van der Waals surface area contributed by atoms with Gasteiger partial charge in [-0.1, -0.05) is 17.2 Å². The quantitative estimate of drug-likeness (QED) is 0.735. The number of nitrogens with one attached hydrogen (secondary N) is 1. The number of rotatable bonds is 5. The average molecular weight is 265 g/mol. The van der Waals surface area contributed by atoms with Crippen molar-refractivity contribution in [3.8, 4) is 0 Å². The van der Waals surface area contributed by atoms with E-state index < -0.39 is 30.3 Å². The molecule has 0 aliphatic heterocycles. The van der Waals surface area contributed by atoms with Crippen LogP contribution in [0, 0.1) is 13.8 Å². The molecule has 1 aromatic rings. The lowest BCUT2D eigenvalue weighted by atomic mass is 10.1.